The largest absolute Gasteiger partial charge is 0.460 e. The summed E-state index contributed by atoms with van der Waals surface area (Å²) in [5.74, 6) is -2.85. The highest BCUT2D eigenvalue weighted by Crippen LogP contribution is 2.26. The van der Waals surface area contributed by atoms with Gasteiger partial charge in [0.25, 0.3) is 0 Å². The first-order valence-corrected chi connectivity index (χ1v) is 12.9. The third kappa shape index (κ3) is 8.33. The van der Waals surface area contributed by atoms with Gasteiger partial charge in [-0.1, -0.05) is 80.4 Å². The molecule has 1 fully saturated rings. The number of alkyl carbamates (subject to hydrolysis) is 1. The lowest BCUT2D eigenvalue weighted by Gasteiger charge is -2.29. The second-order valence-electron chi connectivity index (χ2n) is 9.33. The fraction of sp³-hybridized carbons (Fsp3) is 0.448. The number of ether oxygens (including phenoxy) is 4. The van der Waals surface area contributed by atoms with Gasteiger partial charge in [0.2, 0.25) is 0 Å². The summed E-state index contributed by atoms with van der Waals surface area (Å²) in [5.41, 5.74) is 1.52. The van der Waals surface area contributed by atoms with Crippen LogP contribution in [-0.4, -0.2) is 48.4 Å². The zero-order valence-corrected chi connectivity index (χ0v) is 22.0. The van der Waals surface area contributed by atoms with Crippen molar-refractivity contribution in [3.63, 3.8) is 0 Å². The van der Waals surface area contributed by atoms with E-state index in [-0.39, 0.29) is 13.0 Å². The number of benzene rings is 2. The summed E-state index contributed by atoms with van der Waals surface area (Å²) in [7, 11) is 0. The van der Waals surface area contributed by atoms with E-state index in [4.69, 9.17) is 18.9 Å². The number of hydrogen-bond donors (Lipinski definition) is 1. The summed E-state index contributed by atoms with van der Waals surface area (Å²) in [5, 5.41) is 2.45. The van der Waals surface area contributed by atoms with Gasteiger partial charge >= 0.3 is 24.0 Å². The van der Waals surface area contributed by atoms with Gasteiger partial charge in [-0.2, -0.15) is 0 Å². The van der Waals surface area contributed by atoms with Crippen molar-refractivity contribution in [2.45, 2.75) is 77.4 Å². The van der Waals surface area contributed by atoms with Crippen molar-refractivity contribution >= 4 is 24.0 Å². The van der Waals surface area contributed by atoms with Gasteiger partial charge in [0.15, 0.2) is 12.1 Å². The highest BCUT2D eigenvalue weighted by atomic mass is 16.6. The van der Waals surface area contributed by atoms with Crippen LogP contribution in [0.15, 0.2) is 60.7 Å². The average Bonchev–Trinajstić information content (AvgIpc) is 2.92. The van der Waals surface area contributed by atoms with Gasteiger partial charge in [-0.15, -0.1) is 0 Å². The number of rotatable bonds is 9. The number of amides is 1. The third-order valence-corrected chi connectivity index (χ3v) is 6.30. The Bertz CT molecular complexity index is 1070. The predicted molar refractivity (Wildman–Crippen MR) is 138 cm³/mol. The van der Waals surface area contributed by atoms with Crippen LogP contribution in [0.5, 0.6) is 0 Å². The molecule has 9 heteroatoms. The Morgan fingerprint density at radius 1 is 0.868 bits per heavy atom. The highest BCUT2D eigenvalue weighted by molar-refractivity contribution is 5.83. The minimum atomic E-state index is -1.31. The lowest BCUT2D eigenvalue weighted by Crippen LogP contribution is -2.50. The summed E-state index contributed by atoms with van der Waals surface area (Å²) in [6, 6.07) is 16.8. The van der Waals surface area contributed by atoms with Crippen LogP contribution in [0.3, 0.4) is 0 Å². The van der Waals surface area contributed by atoms with Gasteiger partial charge in [-0.3, -0.25) is 9.59 Å². The molecule has 1 heterocycles. The maximum atomic E-state index is 13.3. The van der Waals surface area contributed by atoms with Gasteiger partial charge in [0, 0.05) is 0 Å². The Balaban J connectivity index is 1.74. The molecular weight excluding hydrogens is 490 g/mol. The van der Waals surface area contributed by atoms with E-state index in [1.54, 1.807) is 31.2 Å². The number of nitrogens with one attached hydrogen (secondary N) is 1. The van der Waals surface area contributed by atoms with Crippen LogP contribution in [0.2, 0.25) is 0 Å². The Hall–Kier alpha value is -3.88. The first-order valence-electron chi connectivity index (χ1n) is 12.9. The molecule has 204 valence electrons. The van der Waals surface area contributed by atoms with E-state index >= 15 is 0 Å². The minimum Gasteiger partial charge on any atom is -0.460 e. The first-order chi connectivity index (χ1) is 18.3. The summed E-state index contributed by atoms with van der Waals surface area (Å²) >= 11 is 0. The van der Waals surface area contributed by atoms with Crippen molar-refractivity contribution in [3.05, 3.63) is 71.8 Å². The van der Waals surface area contributed by atoms with Crippen molar-refractivity contribution in [3.8, 4) is 0 Å². The topological polar surface area (TPSA) is 117 Å². The monoisotopic (exact) mass is 525 g/mol. The lowest BCUT2D eigenvalue weighted by atomic mass is 9.92. The fourth-order valence-electron chi connectivity index (χ4n) is 4.22. The number of carbonyl (C=O) groups excluding carboxylic acids is 4. The molecule has 1 N–H and O–H groups in total. The Labute approximate surface area is 222 Å². The zero-order chi connectivity index (χ0) is 27.5. The van der Waals surface area contributed by atoms with Crippen molar-refractivity contribution < 1.29 is 38.1 Å². The number of carbonyl (C=O) groups is 4. The molecule has 1 aliphatic rings. The minimum absolute atomic E-state index is 0.00138. The molecule has 2 aromatic carbocycles. The SMILES string of the molecule is CCCC[C@H]1C(=O)O[C@H](C)[C@H](NC(=O)OCc2ccccc2)C(=O)O[C@@H](C)[C@@H]1OC(=O)Cc1ccccc1. The van der Waals surface area contributed by atoms with Crippen LogP contribution in [-0.2, 0) is 46.4 Å². The molecule has 9 nitrogen and oxygen atoms in total. The molecule has 0 spiro atoms. The molecule has 0 aliphatic carbocycles. The van der Waals surface area contributed by atoms with Crippen LogP contribution < -0.4 is 5.32 Å². The molecule has 38 heavy (non-hydrogen) atoms. The number of hydrogen-bond acceptors (Lipinski definition) is 8. The quantitative estimate of drug-likeness (QED) is 0.384. The van der Waals surface area contributed by atoms with Crippen molar-refractivity contribution in [2.75, 3.05) is 0 Å². The van der Waals surface area contributed by atoms with Gasteiger partial charge in [0.1, 0.15) is 18.8 Å². The van der Waals surface area contributed by atoms with Gasteiger partial charge in [-0.05, 0) is 31.4 Å². The molecule has 1 aliphatic heterocycles. The van der Waals surface area contributed by atoms with E-state index in [1.165, 1.54) is 6.92 Å². The summed E-state index contributed by atoms with van der Waals surface area (Å²) < 4.78 is 22.2. The molecule has 0 saturated carbocycles. The van der Waals surface area contributed by atoms with Crippen LogP contribution >= 0.6 is 0 Å². The summed E-state index contributed by atoms with van der Waals surface area (Å²) in [6.45, 7) is 5.03. The standard InChI is InChI=1S/C29H35NO8/c1-4-5-16-23-26(38-24(31)17-21-12-8-6-9-13-21)20(3)37-28(33)25(19(2)36-27(23)32)30-29(34)35-18-22-14-10-7-11-15-22/h6-15,19-20,23,25-26H,4-5,16-18H2,1-3H3,(H,30,34)/t19-,20+,23-,25+,26+/m1/s1. The van der Waals surface area contributed by atoms with Crippen LogP contribution in [0.25, 0.3) is 0 Å². The molecule has 0 unspecified atom stereocenters. The molecule has 5 atom stereocenters. The highest BCUT2D eigenvalue weighted by Gasteiger charge is 2.43. The number of esters is 3. The van der Waals surface area contributed by atoms with Crippen LogP contribution in [0.4, 0.5) is 4.79 Å². The lowest BCUT2D eigenvalue weighted by molar-refractivity contribution is -0.174. The van der Waals surface area contributed by atoms with E-state index in [0.717, 1.165) is 17.5 Å². The molecule has 1 amide bonds. The van der Waals surface area contributed by atoms with Gasteiger partial charge < -0.3 is 24.3 Å². The van der Waals surface area contributed by atoms with Crippen LogP contribution in [0, 0.1) is 5.92 Å². The fourth-order valence-corrected chi connectivity index (χ4v) is 4.22. The molecule has 0 aromatic heterocycles. The average molecular weight is 526 g/mol. The second kappa shape index (κ2) is 14.2. The normalized spacial score (nSPS) is 23.6. The molecule has 2 aromatic rings. The van der Waals surface area contributed by atoms with Gasteiger partial charge in [0.05, 0.1) is 12.3 Å². The maximum absolute atomic E-state index is 13.3. The van der Waals surface area contributed by atoms with Crippen LogP contribution in [0.1, 0.15) is 51.2 Å². The molecule has 0 radical (unpaired) electrons. The van der Waals surface area contributed by atoms with Crippen molar-refractivity contribution in [2.24, 2.45) is 5.92 Å². The number of unbranched alkanes of at least 4 members (excludes halogenated alkanes) is 1. The molecule has 3 rings (SSSR count). The Kier molecular flexibility index (Phi) is 10.7. The molecule has 1 saturated heterocycles. The molecule has 0 bridgehead atoms. The van der Waals surface area contributed by atoms with Crippen molar-refractivity contribution in [1.82, 2.24) is 5.32 Å². The first kappa shape index (κ1) is 28.7. The predicted octanol–water partition coefficient (Wildman–Crippen LogP) is 4.12. The Morgan fingerprint density at radius 3 is 2.11 bits per heavy atom. The number of cyclic esters (lactones) is 2. The molecular formula is C29H35NO8. The van der Waals surface area contributed by atoms with Crippen molar-refractivity contribution in [1.29, 1.82) is 0 Å². The third-order valence-electron chi connectivity index (χ3n) is 6.30. The smallest absolute Gasteiger partial charge is 0.408 e. The maximum Gasteiger partial charge on any atom is 0.408 e. The summed E-state index contributed by atoms with van der Waals surface area (Å²) in [6.07, 6.45) is -2.07. The van der Waals surface area contributed by atoms with Gasteiger partial charge in [-0.25, -0.2) is 9.59 Å². The van der Waals surface area contributed by atoms with E-state index in [0.29, 0.717) is 12.8 Å². The zero-order valence-electron chi connectivity index (χ0n) is 22.0. The summed E-state index contributed by atoms with van der Waals surface area (Å²) in [4.78, 5) is 51.6. The van der Waals surface area contributed by atoms with E-state index in [1.807, 2.05) is 43.3 Å². The van der Waals surface area contributed by atoms with E-state index in [2.05, 4.69) is 5.32 Å². The van der Waals surface area contributed by atoms with E-state index < -0.39 is 54.3 Å². The van der Waals surface area contributed by atoms with E-state index in [9.17, 15) is 19.2 Å². The second-order valence-corrected chi connectivity index (χ2v) is 9.33. The Morgan fingerprint density at radius 2 is 1.47 bits per heavy atom.